The number of alkyl halides is 3. The van der Waals surface area contributed by atoms with E-state index in [1.54, 1.807) is 42.1 Å². The monoisotopic (exact) mass is 748 g/mol. The molecule has 7 rings (SSSR count). The van der Waals surface area contributed by atoms with E-state index in [9.17, 15) is 27.6 Å². The third-order valence-corrected chi connectivity index (χ3v) is 10.8. The maximum atomic E-state index is 14.4. The zero-order valence-corrected chi connectivity index (χ0v) is 30.0. The maximum Gasteiger partial charge on any atom is 0.443 e. The number of ether oxygens (including phenoxy) is 1. The largest absolute Gasteiger partial charge is 0.443 e. The number of benzene rings is 2. The van der Waals surface area contributed by atoms with Crippen molar-refractivity contribution in [1.29, 1.82) is 0 Å². The molecule has 53 heavy (non-hydrogen) atoms. The van der Waals surface area contributed by atoms with E-state index in [1.165, 1.54) is 4.90 Å². The van der Waals surface area contributed by atoms with Crippen LogP contribution >= 0.6 is 11.3 Å². The van der Waals surface area contributed by atoms with Crippen LogP contribution in [0.15, 0.2) is 77.8 Å². The molecule has 2 saturated heterocycles. The predicted molar refractivity (Wildman–Crippen MR) is 193 cm³/mol. The summed E-state index contributed by atoms with van der Waals surface area (Å²) in [6.45, 7) is 9.38. The summed E-state index contributed by atoms with van der Waals surface area (Å²) in [5.41, 5.74) is 2.55. The summed E-state index contributed by atoms with van der Waals surface area (Å²) in [6.07, 6.45) is -1.28. The number of carbonyl (C=O) groups excluding carboxylic acids is 3. The Hall–Kier alpha value is -4.90. The molecule has 3 amide bonds. The molecule has 2 N–H and O–H groups in total. The Morgan fingerprint density at radius 3 is 2.45 bits per heavy atom. The van der Waals surface area contributed by atoms with Crippen molar-refractivity contribution in [2.24, 2.45) is 0 Å². The molecule has 2 aromatic heterocycles. The molecule has 3 aliphatic rings. The Kier molecular flexibility index (Phi) is 10.5. The molecule has 2 aromatic carbocycles. The second-order valence-electron chi connectivity index (χ2n) is 13.1. The first-order valence-electron chi connectivity index (χ1n) is 17.4. The summed E-state index contributed by atoms with van der Waals surface area (Å²) >= 11 is 0.306. The van der Waals surface area contributed by atoms with E-state index < -0.39 is 40.7 Å². The highest BCUT2D eigenvalue weighted by Crippen LogP contribution is 2.42. The van der Waals surface area contributed by atoms with E-state index in [0.29, 0.717) is 57.8 Å². The fourth-order valence-corrected chi connectivity index (χ4v) is 7.69. The molecule has 3 aliphatic heterocycles. The first-order valence-corrected chi connectivity index (χ1v) is 18.3. The summed E-state index contributed by atoms with van der Waals surface area (Å²) in [6, 6.07) is 15.5. The molecule has 4 aromatic rings. The van der Waals surface area contributed by atoms with Crippen LogP contribution in [0.1, 0.15) is 46.4 Å². The molecule has 2 atom stereocenters. The number of likely N-dealkylation sites (N-methyl/N-ethyl adjacent to an activating group) is 1. The van der Waals surface area contributed by atoms with E-state index in [2.05, 4.69) is 30.5 Å². The first kappa shape index (κ1) is 36.5. The van der Waals surface area contributed by atoms with Gasteiger partial charge in [-0.2, -0.15) is 18.3 Å². The molecule has 0 unspecified atom stereocenters. The molecular weight excluding hydrogens is 710 g/mol. The van der Waals surface area contributed by atoms with Gasteiger partial charge in [0.05, 0.1) is 31.1 Å². The van der Waals surface area contributed by atoms with Crippen molar-refractivity contribution in [3.05, 3.63) is 99.7 Å². The number of nitrogens with one attached hydrogen (secondary N) is 2. The minimum atomic E-state index is -4.72. The number of rotatable bonds is 10. The number of aromatic nitrogens is 3. The molecule has 0 aliphatic carbocycles. The van der Waals surface area contributed by atoms with E-state index in [1.807, 2.05) is 43.3 Å². The van der Waals surface area contributed by atoms with Crippen LogP contribution in [0.2, 0.25) is 0 Å². The Morgan fingerprint density at radius 2 is 1.81 bits per heavy atom. The van der Waals surface area contributed by atoms with Crippen LogP contribution in [-0.2, 0) is 20.5 Å². The van der Waals surface area contributed by atoms with Gasteiger partial charge in [-0.3, -0.25) is 29.1 Å². The summed E-state index contributed by atoms with van der Waals surface area (Å²) in [5.74, 6) is -1.97. The average molecular weight is 749 g/mol. The highest BCUT2D eigenvalue weighted by molar-refractivity contribution is 7.10. The third kappa shape index (κ3) is 7.49. The second-order valence-corrected chi connectivity index (χ2v) is 14.0. The highest BCUT2D eigenvalue weighted by atomic mass is 32.1. The number of carbonyl (C=O) groups is 3. The van der Waals surface area contributed by atoms with Crippen LogP contribution in [0.3, 0.4) is 0 Å². The van der Waals surface area contributed by atoms with Crippen molar-refractivity contribution in [3.63, 3.8) is 0 Å². The number of amides is 3. The number of para-hydroxylation sites is 1. The van der Waals surface area contributed by atoms with Crippen LogP contribution in [0.25, 0.3) is 5.69 Å². The number of hydrogen-bond acceptors (Lipinski definition) is 9. The number of piperazine rings is 1. The Bertz CT molecular complexity index is 2000. The number of hydrogen-bond donors (Lipinski definition) is 2. The van der Waals surface area contributed by atoms with E-state index in [-0.39, 0.29) is 12.5 Å². The normalized spacial score (nSPS) is 20.2. The van der Waals surface area contributed by atoms with Gasteiger partial charge in [0.2, 0.25) is 0 Å². The SMILES string of the molecule is C/C=C(\CN1CCN(C2COC2)CC1)C(=O)Nc1cccc([C@@H]2c3cnn(-c4ccccc4)c3N(CC)C(=O)[C@H]2NC(=O)c2csc(C(F)(F)F)n2)c1. The smallest absolute Gasteiger partial charge is 0.378 e. The van der Waals surface area contributed by atoms with Crippen LogP contribution in [0.5, 0.6) is 0 Å². The van der Waals surface area contributed by atoms with Gasteiger partial charge >= 0.3 is 6.18 Å². The molecule has 0 spiro atoms. The number of thiazole rings is 1. The fourth-order valence-electron chi connectivity index (χ4n) is 7.02. The molecule has 0 radical (unpaired) electrons. The van der Waals surface area contributed by atoms with Gasteiger partial charge in [0.15, 0.2) is 5.01 Å². The molecule has 278 valence electrons. The van der Waals surface area contributed by atoms with Crippen LogP contribution in [0.4, 0.5) is 24.7 Å². The number of anilines is 2. The lowest BCUT2D eigenvalue weighted by molar-refractivity contribution is -0.137. The van der Waals surface area contributed by atoms with Gasteiger partial charge in [0.1, 0.15) is 17.6 Å². The van der Waals surface area contributed by atoms with Crippen molar-refractivity contribution in [1.82, 2.24) is 29.9 Å². The number of halogens is 3. The summed E-state index contributed by atoms with van der Waals surface area (Å²) in [5, 5.41) is 10.2. The van der Waals surface area contributed by atoms with Crippen molar-refractivity contribution in [3.8, 4) is 5.69 Å². The molecular formula is C37H39F3N8O4S. The Morgan fingerprint density at radius 1 is 1.06 bits per heavy atom. The Labute approximate surface area is 308 Å². The minimum Gasteiger partial charge on any atom is -0.378 e. The minimum absolute atomic E-state index is 0.227. The molecule has 5 heterocycles. The lowest BCUT2D eigenvalue weighted by Crippen LogP contribution is -2.56. The number of fused-ring (bicyclic) bond motifs is 1. The first-order chi connectivity index (χ1) is 25.5. The van der Waals surface area contributed by atoms with E-state index >= 15 is 0 Å². The van der Waals surface area contributed by atoms with Crippen LogP contribution in [0, 0.1) is 0 Å². The zero-order valence-electron chi connectivity index (χ0n) is 29.2. The second kappa shape index (κ2) is 15.2. The number of allylic oxidation sites excluding steroid dienone is 1. The molecule has 2 fully saturated rings. The van der Waals surface area contributed by atoms with Gasteiger partial charge in [0.25, 0.3) is 17.7 Å². The average Bonchev–Trinajstić information content (AvgIpc) is 3.81. The predicted octanol–water partition coefficient (Wildman–Crippen LogP) is 4.55. The topological polar surface area (TPSA) is 125 Å². The molecule has 0 saturated carbocycles. The van der Waals surface area contributed by atoms with Gasteiger partial charge in [-0.15, -0.1) is 11.3 Å². The van der Waals surface area contributed by atoms with Gasteiger partial charge in [0, 0.05) is 67.4 Å². The summed E-state index contributed by atoms with van der Waals surface area (Å²) in [7, 11) is 0. The lowest BCUT2D eigenvalue weighted by Gasteiger charge is -2.42. The van der Waals surface area contributed by atoms with Crippen molar-refractivity contribution < 1.29 is 32.3 Å². The van der Waals surface area contributed by atoms with Crippen molar-refractivity contribution in [2.75, 3.05) is 62.7 Å². The molecule has 12 nitrogen and oxygen atoms in total. The van der Waals surface area contributed by atoms with Crippen molar-refractivity contribution in [2.45, 2.75) is 38.0 Å². The van der Waals surface area contributed by atoms with Gasteiger partial charge in [-0.25, -0.2) is 9.67 Å². The van der Waals surface area contributed by atoms with E-state index in [4.69, 9.17) is 4.74 Å². The standard InChI is InChI=1S/C37H39F3N8O4S/c1-3-23(19-45-13-15-46(16-14-45)27-20-52-21-27)32(49)42-25-10-8-9-24(17-25)30-28-18-41-48(26-11-6-5-7-12-26)34(28)47(4-2)35(51)31(30)44-33(50)29-22-53-36(43-29)37(38,39)40/h3,5-12,17-18,22,27,30-31H,4,13-16,19-21H2,1-2H3,(H,42,49)(H,44,50)/b23-3+/t30-,31+/m1/s1. The van der Waals surface area contributed by atoms with Gasteiger partial charge < -0.3 is 15.4 Å². The third-order valence-electron chi connectivity index (χ3n) is 9.89. The summed E-state index contributed by atoms with van der Waals surface area (Å²) < 4.78 is 47.0. The zero-order chi connectivity index (χ0) is 37.3. The van der Waals surface area contributed by atoms with Gasteiger partial charge in [-0.1, -0.05) is 36.4 Å². The Balaban J connectivity index is 1.17. The molecule has 16 heteroatoms. The quantitative estimate of drug-likeness (QED) is 0.227. The lowest BCUT2D eigenvalue weighted by atomic mass is 9.82. The maximum absolute atomic E-state index is 14.4. The fraction of sp³-hybridized carbons (Fsp3) is 0.378. The van der Waals surface area contributed by atoms with E-state index in [0.717, 1.165) is 44.8 Å². The van der Waals surface area contributed by atoms with Crippen LogP contribution in [-0.4, -0.2) is 107 Å². The highest BCUT2D eigenvalue weighted by Gasteiger charge is 2.45. The van der Waals surface area contributed by atoms with Gasteiger partial charge in [-0.05, 0) is 43.7 Å². The number of nitrogens with zero attached hydrogens (tertiary/aromatic N) is 6. The van der Waals surface area contributed by atoms with Crippen LogP contribution < -0.4 is 15.5 Å². The molecule has 0 bridgehead atoms. The van der Waals surface area contributed by atoms with Crippen molar-refractivity contribution >= 4 is 40.6 Å². The summed E-state index contributed by atoms with van der Waals surface area (Å²) in [4.78, 5) is 51.1.